The number of amides is 2. The Morgan fingerprint density at radius 1 is 0.892 bits per heavy atom. The molecule has 0 fully saturated rings. The molecule has 0 heterocycles. The number of carbonyl (C=O) groups is 2. The normalized spacial score (nSPS) is 11.9. The van der Waals surface area contributed by atoms with Crippen molar-refractivity contribution in [3.8, 4) is 5.75 Å². The second kappa shape index (κ2) is 12.9. The van der Waals surface area contributed by atoms with Crippen molar-refractivity contribution >= 4 is 27.5 Å². The van der Waals surface area contributed by atoms with E-state index in [-0.39, 0.29) is 12.5 Å². The van der Waals surface area contributed by atoms with Gasteiger partial charge in [0.15, 0.2) is 0 Å². The molecule has 196 valence electrons. The SMILES string of the molecule is CCNC(=O)C(C)N(Cc1ccccc1)C(=O)CN(c1ccc(OCc2ccccc2)cc1)S(C)(=O)=O. The highest BCUT2D eigenvalue weighted by Crippen LogP contribution is 2.23. The van der Waals surface area contributed by atoms with Crippen molar-refractivity contribution in [2.24, 2.45) is 0 Å². The number of nitrogens with one attached hydrogen (secondary N) is 1. The summed E-state index contributed by atoms with van der Waals surface area (Å²) in [6.07, 6.45) is 1.05. The zero-order valence-electron chi connectivity index (χ0n) is 21.3. The molecule has 3 aromatic rings. The molecule has 0 radical (unpaired) electrons. The van der Waals surface area contributed by atoms with Gasteiger partial charge in [-0.05, 0) is 49.2 Å². The summed E-state index contributed by atoms with van der Waals surface area (Å²) in [7, 11) is -3.80. The molecule has 0 saturated carbocycles. The molecule has 37 heavy (non-hydrogen) atoms. The molecule has 3 rings (SSSR count). The van der Waals surface area contributed by atoms with Gasteiger partial charge in [-0.15, -0.1) is 0 Å². The lowest BCUT2D eigenvalue weighted by atomic mass is 10.1. The fourth-order valence-electron chi connectivity index (χ4n) is 3.75. The van der Waals surface area contributed by atoms with E-state index in [0.29, 0.717) is 24.6 Å². The van der Waals surface area contributed by atoms with Gasteiger partial charge in [-0.25, -0.2) is 8.42 Å². The van der Waals surface area contributed by atoms with Crippen LogP contribution in [0.15, 0.2) is 84.9 Å². The van der Waals surface area contributed by atoms with E-state index in [1.54, 1.807) is 38.1 Å². The van der Waals surface area contributed by atoms with Crippen molar-refractivity contribution < 1.29 is 22.7 Å². The number of nitrogens with zero attached hydrogens (tertiary/aromatic N) is 2. The van der Waals surface area contributed by atoms with Crippen molar-refractivity contribution in [3.05, 3.63) is 96.1 Å². The van der Waals surface area contributed by atoms with Crippen LogP contribution >= 0.6 is 0 Å². The summed E-state index contributed by atoms with van der Waals surface area (Å²) in [6, 6.07) is 24.7. The summed E-state index contributed by atoms with van der Waals surface area (Å²) in [6.45, 7) is 3.95. The van der Waals surface area contributed by atoms with Crippen LogP contribution in [0.4, 0.5) is 5.69 Å². The number of carbonyl (C=O) groups excluding carboxylic acids is 2. The van der Waals surface area contributed by atoms with Crippen LogP contribution in [0.1, 0.15) is 25.0 Å². The molecular formula is C28H33N3O5S. The van der Waals surface area contributed by atoms with E-state index in [4.69, 9.17) is 4.74 Å². The highest BCUT2D eigenvalue weighted by molar-refractivity contribution is 7.92. The second-order valence-corrected chi connectivity index (χ2v) is 10.5. The minimum absolute atomic E-state index is 0.168. The number of sulfonamides is 1. The van der Waals surface area contributed by atoms with Gasteiger partial charge < -0.3 is 15.0 Å². The Hall–Kier alpha value is -3.85. The lowest BCUT2D eigenvalue weighted by Crippen LogP contribution is -2.51. The largest absolute Gasteiger partial charge is 0.489 e. The third-order valence-electron chi connectivity index (χ3n) is 5.77. The summed E-state index contributed by atoms with van der Waals surface area (Å²) in [5.41, 5.74) is 2.17. The zero-order chi connectivity index (χ0) is 26.8. The lowest BCUT2D eigenvalue weighted by Gasteiger charge is -2.31. The van der Waals surface area contributed by atoms with Crippen molar-refractivity contribution in [2.45, 2.75) is 33.0 Å². The van der Waals surface area contributed by atoms with Crippen molar-refractivity contribution in [1.29, 1.82) is 0 Å². The molecule has 0 aliphatic heterocycles. The van der Waals surface area contributed by atoms with Crippen LogP contribution in [0.2, 0.25) is 0 Å². The molecule has 0 aliphatic rings. The van der Waals surface area contributed by atoms with Gasteiger partial charge in [0.25, 0.3) is 0 Å². The summed E-state index contributed by atoms with van der Waals surface area (Å²) in [4.78, 5) is 27.5. The van der Waals surface area contributed by atoms with E-state index < -0.39 is 28.5 Å². The Morgan fingerprint density at radius 3 is 2.00 bits per heavy atom. The average molecular weight is 524 g/mol. The Labute approximate surface area is 218 Å². The molecule has 0 aromatic heterocycles. The Kier molecular flexibility index (Phi) is 9.68. The van der Waals surface area contributed by atoms with E-state index in [1.807, 2.05) is 60.7 Å². The Balaban J connectivity index is 1.79. The van der Waals surface area contributed by atoms with Gasteiger partial charge in [0.05, 0.1) is 11.9 Å². The summed E-state index contributed by atoms with van der Waals surface area (Å²) >= 11 is 0. The standard InChI is InChI=1S/C28H33N3O5S/c1-4-29-28(33)22(2)30(19-23-11-7-5-8-12-23)27(32)20-31(37(3,34)35)25-15-17-26(18-16-25)36-21-24-13-9-6-10-14-24/h5-18,22H,4,19-21H2,1-3H3,(H,29,33). The summed E-state index contributed by atoms with van der Waals surface area (Å²) in [5, 5.41) is 2.73. The predicted octanol–water partition coefficient (Wildman–Crippen LogP) is 3.59. The first-order valence-electron chi connectivity index (χ1n) is 12.0. The number of benzene rings is 3. The van der Waals surface area contributed by atoms with Gasteiger partial charge >= 0.3 is 0 Å². The molecule has 2 amide bonds. The monoisotopic (exact) mass is 523 g/mol. The number of anilines is 1. The highest BCUT2D eigenvalue weighted by Gasteiger charge is 2.29. The van der Waals surface area contributed by atoms with Crippen molar-refractivity contribution in [3.63, 3.8) is 0 Å². The topological polar surface area (TPSA) is 96.0 Å². The summed E-state index contributed by atoms with van der Waals surface area (Å²) < 4.78 is 32.2. The second-order valence-electron chi connectivity index (χ2n) is 8.62. The quantitative estimate of drug-likeness (QED) is 0.392. The first-order chi connectivity index (χ1) is 17.7. The molecule has 0 saturated heterocycles. The number of rotatable bonds is 12. The molecular weight excluding hydrogens is 490 g/mol. The first-order valence-corrected chi connectivity index (χ1v) is 13.9. The number of hydrogen-bond donors (Lipinski definition) is 1. The van der Waals surface area contributed by atoms with Gasteiger partial charge in [-0.3, -0.25) is 13.9 Å². The maximum atomic E-state index is 13.5. The van der Waals surface area contributed by atoms with Crippen molar-refractivity contribution in [2.75, 3.05) is 23.7 Å². The van der Waals surface area contributed by atoms with Crippen LogP contribution < -0.4 is 14.4 Å². The van der Waals surface area contributed by atoms with Crippen LogP contribution in [0.25, 0.3) is 0 Å². The van der Waals surface area contributed by atoms with E-state index in [2.05, 4.69) is 5.32 Å². The van der Waals surface area contributed by atoms with Crippen LogP contribution in [0.3, 0.4) is 0 Å². The smallest absolute Gasteiger partial charge is 0.244 e. The molecule has 9 heteroatoms. The lowest BCUT2D eigenvalue weighted by molar-refractivity contribution is -0.139. The molecule has 1 N–H and O–H groups in total. The third-order valence-corrected chi connectivity index (χ3v) is 6.91. The number of ether oxygens (including phenoxy) is 1. The van der Waals surface area contributed by atoms with Crippen molar-refractivity contribution in [1.82, 2.24) is 10.2 Å². The van der Waals surface area contributed by atoms with E-state index in [0.717, 1.165) is 21.7 Å². The van der Waals surface area contributed by atoms with Gasteiger partial charge in [-0.1, -0.05) is 60.7 Å². The molecule has 3 aromatic carbocycles. The number of likely N-dealkylation sites (N-methyl/N-ethyl adjacent to an activating group) is 1. The Morgan fingerprint density at radius 2 is 1.46 bits per heavy atom. The minimum Gasteiger partial charge on any atom is -0.489 e. The Bertz CT molecular complexity index is 1270. The predicted molar refractivity (Wildman–Crippen MR) is 145 cm³/mol. The molecule has 0 bridgehead atoms. The third kappa shape index (κ3) is 8.08. The van der Waals surface area contributed by atoms with Gasteiger partial charge in [0, 0.05) is 13.1 Å². The minimum atomic E-state index is -3.80. The maximum absolute atomic E-state index is 13.5. The molecule has 1 unspecified atom stereocenters. The van der Waals surface area contributed by atoms with E-state index in [9.17, 15) is 18.0 Å². The van der Waals surface area contributed by atoms with Crippen LogP contribution in [-0.2, 0) is 32.8 Å². The maximum Gasteiger partial charge on any atom is 0.244 e. The van der Waals surface area contributed by atoms with Crippen LogP contribution in [0.5, 0.6) is 5.75 Å². The van der Waals surface area contributed by atoms with Gasteiger partial charge in [-0.2, -0.15) is 0 Å². The first kappa shape index (κ1) is 27.7. The fraction of sp³-hybridized carbons (Fsp3) is 0.286. The van der Waals surface area contributed by atoms with Gasteiger partial charge in [0.2, 0.25) is 21.8 Å². The van der Waals surface area contributed by atoms with E-state index in [1.165, 1.54) is 4.90 Å². The summed E-state index contributed by atoms with van der Waals surface area (Å²) in [5.74, 6) is -0.224. The molecule has 0 spiro atoms. The molecule has 0 aliphatic carbocycles. The zero-order valence-corrected chi connectivity index (χ0v) is 22.1. The average Bonchev–Trinajstić information content (AvgIpc) is 2.89. The van der Waals surface area contributed by atoms with Crippen LogP contribution in [-0.4, -0.2) is 50.5 Å². The van der Waals surface area contributed by atoms with Crippen LogP contribution in [0, 0.1) is 0 Å². The molecule has 1 atom stereocenters. The highest BCUT2D eigenvalue weighted by atomic mass is 32.2. The molecule has 8 nitrogen and oxygen atoms in total. The number of hydrogen-bond acceptors (Lipinski definition) is 5. The van der Waals surface area contributed by atoms with E-state index >= 15 is 0 Å². The fourth-order valence-corrected chi connectivity index (χ4v) is 4.60. The van der Waals surface area contributed by atoms with Gasteiger partial charge in [0.1, 0.15) is 24.9 Å².